The lowest BCUT2D eigenvalue weighted by molar-refractivity contribution is -0.142. The van der Waals surface area contributed by atoms with Gasteiger partial charge < -0.3 is 24.8 Å². The monoisotopic (exact) mass is 622 g/mol. The van der Waals surface area contributed by atoms with E-state index in [-0.39, 0.29) is 41.7 Å². The summed E-state index contributed by atoms with van der Waals surface area (Å²) in [6.45, 7) is 5.11. The number of nitrogens with zero attached hydrogens (tertiary/aromatic N) is 5. The Morgan fingerprint density at radius 3 is 2.54 bits per heavy atom. The van der Waals surface area contributed by atoms with Crippen molar-refractivity contribution in [2.75, 3.05) is 31.5 Å². The largest absolute Gasteiger partial charge is 0.388 e. The molecule has 2 aliphatic rings. The van der Waals surface area contributed by atoms with Gasteiger partial charge in [0.25, 0.3) is 11.5 Å². The van der Waals surface area contributed by atoms with E-state index in [0.29, 0.717) is 67.7 Å². The molecule has 2 aromatic heterocycles. The first-order valence-corrected chi connectivity index (χ1v) is 15.5. The van der Waals surface area contributed by atoms with E-state index in [1.54, 1.807) is 46.0 Å². The molecule has 2 atom stereocenters. The summed E-state index contributed by atoms with van der Waals surface area (Å²) in [4.78, 5) is 60.5. The Labute approximate surface area is 266 Å². The number of hydrogen-bond acceptors (Lipinski definition) is 6. The summed E-state index contributed by atoms with van der Waals surface area (Å²) < 4.78 is 3.24. The van der Waals surface area contributed by atoms with Crippen molar-refractivity contribution in [2.45, 2.75) is 37.3 Å². The summed E-state index contributed by atoms with van der Waals surface area (Å²) in [7, 11) is 1.83. The highest BCUT2D eigenvalue weighted by Gasteiger charge is 2.41. The van der Waals surface area contributed by atoms with Crippen LogP contribution in [0, 0.1) is 5.92 Å². The smallest absolute Gasteiger partial charge is 0.262 e. The highest BCUT2D eigenvalue weighted by molar-refractivity contribution is 6.01. The molecule has 0 saturated carbocycles. The van der Waals surface area contributed by atoms with Gasteiger partial charge in [0.05, 0.1) is 17.5 Å². The van der Waals surface area contributed by atoms with E-state index < -0.39 is 5.60 Å². The third-order valence-corrected chi connectivity index (χ3v) is 9.33. The molecule has 46 heavy (non-hydrogen) atoms. The van der Waals surface area contributed by atoms with Crippen LogP contribution >= 0.6 is 0 Å². The number of aliphatic hydroxyl groups is 1. The van der Waals surface area contributed by atoms with Gasteiger partial charge in [-0.25, -0.2) is 4.98 Å². The van der Waals surface area contributed by atoms with Gasteiger partial charge in [0, 0.05) is 62.5 Å². The third kappa shape index (κ3) is 6.23. The fourth-order valence-corrected chi connectivity index (χ4v) is 6.72. The third-order valence-electron chi connectivity index (χ3n) is 9.33. The molecule has 4 heterocycles. The van der Waals surface area contributed by atoms with E-state index in [4.69, 9.17) is 0 Å². The summed E-state index contributed by atoms with van der Waals surface area (Å²) >= 11 is 0. The van der Waals surface area contributed by atoms with Gasteiger partial charge in [0.15, 0.2) is 0 Å². The summed E-state index contributed by atoms with van der Waals surface area (Å²) in [5.41, 5.74) is 1.21. The quantitative estimate of drug-likeness (QED) is 0.305. The summed E-state index contributed by atoms with van der Waals surface area (Å²) in [6.07, 6.45) is 5.61. The number of rotatable bonds is 7. The number of piperidine rings is 2. The average molecular weight is 623 g/mol. The Bertz CT molecular complexity index is 1840. The molecule has 11 nitrogen and oxygen atoms in total. The number of amides is 3. The maximum absolute atomic E-state index is 14.1. The zero-order valence-electron chi connectivity index (χ0n) is 25.8. The second-order valence-corrected chi connectivity index (χ2v) is 12.3. The predicted molar refractivity (Wildman–Crippen MR) is 174 cm³/mol. The first kappa shape index (κ1) is 31.0. The Kier molecular flexibility index (Phi) is 8.59. The van der Waals surface area contributed by atoms with Crippen molar-refractivity contribution in [2.24, 2.45) is 13.0 Å². The number of carbonyl (C=O) groups is 3. The van der Waals surface area contributed by atoms with Crippen molar-refractivity contribution in [3.8, 4) is 0 Å². The zero-order valence-corrected chi connectivity index (χ0v) is 25.8. The summed E-state index contributed by atoms with van der Waals surface area (Å²) in [6, 6.07) is 18.3. The minimum absolute atomic E-state index is 0.0154. The van der Waals surface area contributed by atoms with Crippen molar-refractivity contribution < 1.29 is 19.5 Å². The van der Waals surface area contributed by atoms with E-state index in [2.05, 4.69) is 16.9 Å². The van der Waals surface area contributed by atoms with Crippen LogP contribution < -0.4 is 10.9 Å². The molecule has 4 aromatic rings. The van der Waals surface area contributed by atoms with E-state index in [0.717, 1.165) is 5.56 Å². The number of aromatic nitrogens is 3. The summed E-state index contributed by atoms with van der Waals surface area (Å²) in [5.74, 6) is -1.05. The number of likely N-dealkylation sites (tertiary alicyclic amines) is 2. The SMILES string of the molecule is C=CC(=O)Nc1cccc(C(=O)N2CC[C@@H](C(=O)N3CCC(O)(Cn4cnc5c(ccn5C)c4=O)CC3)[C@H](c3ccccc3)C2)c1. The Balaban J connectivity index is 1.14. The number of hydrogen-bond donors (Lipinski definition) is 2. The first-order valence-electron chi connectivity index (χ1n) is 15.5. The van der Waals surface area contributed by atoms with Crippen molar-refractivity contribution in [3.05, 3.63) is 107 Å². The number of nitrogens with one attached hydrogen (secondary N) is 1. The molecular formula is C35H38N6O5. The standard InChI is InChI=1S/C35H38N6O5/c1-3-30(42)37-26-11-7-10-25(20-26)32(43)40-17-13-27(29(21-40)24-8-5-4-6-9-24)33(44)39-18-14-35(46,15-19-39)22-41-23-36-31-28(34(41)45)12-16-38(31)2/h3-12,16,20,23,27,29,46H,1,13-15,17-19,21-22H2,2H3,(H,37,42)/t27-,29+/m1/s1. The molecule has 2 saturated heterocycles. The van der Waals surface area contributed by atoms with Crippen LogP contribution in [-0.2, 0) is 23.2 Å². The first-order chi connectivity index (χ1) is 22.2. The molecule has 0 aliphatic carbocycles. The van der Waals surface area contributed by atoms with Crippen LogP contribution in [0.3, 0.4) is 0 Å². The van der Waals surface area contributed by atoms with Gasteiger partial charge in [0.2, 0.25) is 11.8 Å². The molecule has 3 amide bonds. The fraction of sp³-hybridized carbons (Fsp3) is 0.343. The van der Waals surface area contributed by atoms with Crippen LogP contribution in [0.5, 0.6) is 0 Å². The average Bonchev–Trinajstić information content (AvgIpc) is 3.46. The Morgan fingerprint density at radius 1 is 1.04 bits per heavy atom. The molecule has 0 radical (unpaired) electrons. The van der Waals surface area contributed by atoms with Gasteiger partial charge in [-0.2, -0.15) is 0 Å². The van der Waals surface area contributed by atoms with Crippen molar-refractivity contribution in [1.82, 2.24) is 23.9 Å². The molecular weight excluding hydrogens is 584 g/mol. The van der Waals surface area contributed by atoms with Gasteiger partial charge in [-0.05, 0) is 55.2 Å². The fourth-order valence-electron chi connectivity index (χ4n) is 6.72. The minimum atomic E-state index is -1.14. The van der Waals surface area contributed by atoms with Gasteiger partial charge >= 0.3 is 0 Å². The lowest BCUT2D eigenvalue weighted by Crippen LogP contribution is -2.53. The maximum Gasteiger partial charge on any atom is 0.262 e. The second-order valence-electron chi connectivity index (χ2n) is 12.3. The number of aryl methyl sites for hydroxylation is 1. The van der Waals surface area contributed by atoms with E-state index in [9.17, 15) is 24.3 Å². The number of carbonyl (C=O) groups excluding carboxylic acids is 3. The lowest BCUT2D eigenvalue weighted by atomic mass is 9.79. The second kappa shape index (κ2) is 12.8. The van der Waals surface area contributed by atoms with E-state index >= 15 is 0 Å². The van der Waals surface area contributed by atoms with Gasteiger partial charge in [-0.15, -0.1) is 0 Å². The highest BCUT2D eigenvalue weighted by Crippen LogP contribution is 2.36. The topological polar surface area (TPSA) is 130 Å². The van der Waals surface area contributed by atoms with Crippen LogP contribution in [0.4, 0.5) is 5.69 Å². The van der Waals surface area contributed by atoms with Crippen molar-refractivity contribution in [1.29, 1.82) is 0 Å². The molecule has 6 rings (SSSR count). The predicted octanol–water partition coefficient (Wildman–Crippen LogP) is 3.16. The van der Waals surface area contributed by atoms with Crippen molar-refractivity contribution >= 4 is 34.4 Å². The van der Waals surface area contributed by atoms with Gasteiger partial charge in [0.1, 0.15) is 12.0 Å². The van der Waals surface area contributed by atoms with Crippen LogP contribution in [0.25, 0.3) is 11.0 Å². The number of benzene rings is 2. The highest BCUT2D eigenvalue weighted by atomic mass is 16.3. The molecule has 2 aromatic carbocycles. The number of anilines is 1. The Morgan fingerprint density at radius 2 is 1.80 bits per heavy atom. The lowest BCUT2D eigenvalue weighted by Gasteiger charge is -2.43. The normalized spacial score (nSPS) is 19.5. The van der Waals surface area contributed by atoms with Crippen LogP contribution in [-0.4, -0.2) is 78.5 Å². The molecule has 0 unspecified atom stereocenters. The van der Waals surface area contributed by atoms with Crippen molar-refractivity contribution in [3.63, 3.8) is 0 Å². The molecule has 238 valence electrons. The van der Waals surface area contributed by atoms with Crippen LogP contribution in [0.2, 0.25) is 0 Å². The molecule has 0 bridgehead atoms. The van der Waals surface area contributed by atoms with Gasteiger partial charge in [-0.3, -0.25) is 23.7 Å². The number of fused-ring (bicyclic) bond motifs is 1. The Hall–Kier alpha value is -5.03. The van der Waals surface area contributed by atoms with Gasteiger partial charge in [-0.1, -0.05) is 43.0 Å². The van der Waals surface area contributed by atoms with Crippen LogP contribution in [0.15, 0.2) is 90.6 Å². The zero-order chi connectivity index (χ0) is 32.4. The van der Waals surface area contributed by atoms with E-state index in [1.165, 1.54) is 17.0 Å². The minimum Gasteiger partial charge on any atom is -0.388 e. The molecule has 11 heteroatoms. The van der Waals surface area contributed by atoms with E-state index in [1.807, 2.05) is 42.3 Å². The molecule has 2 aliphatic heterocycles. The summed E-state index contributed by atoms with van der Waals surface area (Å²) in [5, 5.41) is 14.7. The molecule has 2 fully saturated rings. The molecule has 2 N–H and O–H groups in total. The maximum atomic E-state index is 14.1. The van der Waals surface area contributed by atoms with Crippen LogP contribution in [0.1, 0.15) is 41.1 Å². The molecule has 0 spiro atoms.